The van der Waals surface area contributed by atoms with E-state index in [1.54, 1.807) is 6.08 Å². The minimum absolute atomic E-state index is 0.0234. The monoisotopic (exact) mass is 534 g/mol. The zero-order valence-electron chi connectivity index (χ0n) is 22.7. The molecule has 10 heteroatoms. The molecule has 2 atom stereocenters. The van der Waals surface area contributed by atoms with E-state index < -0.39 is 32.5 Å². The third kappa shape index (κ3) is 23.0. The van der Waals surface area contributed by atoms with Crippen LogP contribution in [-0.4, -0.2) is 74.9 Å². The van der Waals surface area contributed by atoms with Crippen LogP contribution < -0.4 is 0 Å². The number of rotatable bonds is 24. The first-order chi connectivity index (χ1) is 17.0. The first kappa shape index (κ1) is 34.6. The number of unbranched alkanes of at least 4 members (excludes halogenated alkanes) is 9. The van der Waals surface area contributed by atoms with Gasteiger partial charge in [-0.25, -0.2) is 23.6 Å². The highest BCUT2D eigenvalue weighted by atomic mass is 31.2. The number of hydrogen-bond donors (Lipinski definition) is 1. The number of ether oxygens (including phenoxy) is 2. The molecular formula is C26H49NO8P-. The van der Waals surface area contributed by atoms with Gasteiger partial charge in [-0.05, 0) is 12.8 Å². The molecule has 0 aromatic carbocycles. The molecule has 0 aliphatic heterocycles. The van der Waals surface area contributed by atoms with Crippen molar-refractivity contribution in [3.63, 3.8) is 0 Å². The van der Waals surface area contributed by atoms with Crippen LogP contribution in [0.4, 0.5) is 0 Å². The van der Waals surface area contributed by atoms with Crippen molar-refractivity contribution >= 4 is 19.8 Å². The summed E-state index contributed by atoms with van der Waals surface area (Å²) < 4.78 is 33.4. The largest absolute Gasteiger partial charge is 0.472 e. The van der Waals surface area contributed by atoms with Crippen LogP contribution in [0.1, 0.15) is 77.0 Å². The van der Waals surface area contributed by atoms with Crippen LogP contribution in [0.25, 0.3) is 0 Å². The number of phosphoric ester groups is 1. The zero-order valence-corrected chi connectivity index (χ0v) is 23.6. The molecule has 9 nitrogen and oxygen atoms in total. The summed E-state index contributed by atoms with van der Waals surface area (Å²) in [7, 11) is 1.44. The highest BCUT2D eigenvalue weighted by Gasteiger charge is 2.27. The van der Waals surface area contributed by atoms with Crippen molar-refractivity contribution in [2.75, 3.05) is 47.5 Å². The zero-order chi connectivity index (χ0) is 27.3. The quantitative estimate of drug-likeness (QED) is 0.0593. The van der Waals surface area contributed by atoms with Gasteiger partial charge < -0.3 is 25.8 Å². The van der Waals surface area contributed by atoms with E-state index in [1.807, 2.05) is 27.6 Å². The normalized spacial score (nSPS) is 14.0. The summed E-state index contributed by atoms with van der Waals surface area (Å²) >= 11 is 0. The second-order valence-corrected chi connectivity index (χ2v) is 11.3. The van der Waals surface area contributed by atoms with Crippen molar-refractivity contribution in [3.8, 4) is 0 Å². The minimum Gasteiger partial charge on any atom is -0.462 e. The summed E-state index contributed by atoms with van der Waals surface area (Å²) in [6.07, 6.45) is 12.4. The fraction of sp³-hybridized carbons (Fsp3) is 0.769. The Morgan fingerprint density at radius 2 is 1.58 bits per heavy atom. The third-order valence-electron chi connectivity index (χ3n) is 5.22. The summed E-state index contributed by atoms with van der Waals surface area (Å²) in [4.78, 5) is 34.3. The van der Waals surface area contributed by atoms with Crippen molar-refractivity contribution in [2.45, 2.75) is 83.2 Å². The van der Waals surface area contributed by atoms with Crippen LogP contribution in [0.3, 0.4) is 0 Å². The Kier molecular flexibility index (Phi) is 19.9. The van der Waals surface area contributed by atoms with Gasteiger partial charge in [0.1, 0.15) is 19.8 Å². The van der Waals surface area contributed by atoms with Crippen LogP contribution in [0.15, 0.2) is 12.7 Å². The van der Waals surface area contributed by atoms with Crippen LogP contribution in [0.5, 0.6) is 0 Å². The number of esters is 2. The minimum atomic E-state index is -4.35. The molecule has 0 heterocycles. The smallest absolute Gasteiger partial charge is 0.462 e. The standard InChI is InChI=1S/C26H49NO8P/c1-6-8-10-12-13-14-15-17-19-26(29)35-24(22-32-25(28)18-16-11-9-7-2)23-34-36(30,31)33-21-20-27(3,4)5/h6,8,24H,1-2,7,9-23H2,3-5H3,(H,30,31)/q-1/t24-/m0/s1. The van der Waals surface area contributed by atoms with Crippen LogP contribution in [0.2, 0.25) is 0 Å². The van der Waals surface area contributed by atoms with E-state index in [0.29, 0.717) is 23.9 Å². The molecule has 0 aromatic heterocycles. The fourth-order valence-electron chi connectivity index (χ4n) is 3.07. The van der Waals surface area contributed by atoms with Gasteiger partial charge in [0.15, 0.2) is 6.10 Å². The molecule has 1 unspecified atom stereocenters. The lowest BCUT2D eigenvalue weighted by Crippen LogP contribution is -2.37. The summed E-state index contributed by atoms with van der Waals surface area (Å²) in [6.45, 7) is 7.29. The van der Waals surface area contributed by atoms with Crippen LogP contribution in [-0.2, 0) is 32.7 Å². The Morgan fingerprint density at radius 3 is 2.22 bits per heavy atom. The van der Waals surface area contributed by atoms with E-state index in [4.69, 9.17) is 18.5 Å². The number of carbonyl (C=O) groups is 2. The molecule has 0 rings (SSSR count). The highest BCUT2D eigenvalue weighted by molar-refractivity contribution is 7.47. The number of nitrogens with zero attached hydrogens (tertiary/aromatic N) is 1. The lowest BCUT2D eigenvalue weighted by molar-refractivity contribution is -0.870. The first-order valence-electron chi connectivity index (χ1n) is 13.0. The van der Waals surface area contributed by atoms with Gasteiger partial charge >= 0.3 is 19.8 Å². The third-order valence-corrected chi connectivity index (χ3v) is 6.20. The number of hydrogen-bond acceptors (Lipinski definition) is 7. The van der Waals surface area contributed by atoms with E-state index >= 15 is 0 Å². The van der Waals surface area contributed by atoms with Crippen molar-refractivity contribution in [1.29, 1.82) is 0 Å². The maximum atomic E-state index is 12.3. The second-order valence-electron chi connectivity index (χ2n) is 9.85. The SMILES string of the molecule is C=C[CH-]CCCCCCCC(=O)O[C@@H](COC(=O)CCCCC[CH2-])COP(=O)(O)OCC[N+](C)(C)C. The van der Waals surface area contributed by atoms with E-state index in [9.17, 15) is 19.0 Å². The van der Waals surface area contributed by atoms with Gasteiger partial charge in [0.05, 0.1) is 27.7 Å². The first-order valence-corrected chi connectivity index (χ1v) is 14.5. The van der Waals surface area contributed by atoms with Gasteiger partial charge in [-0.3, -0.25) is 18.6 Å². The van der Waals surface area contributed by atoms with Crippen LogP contribution >= 0.6 is 7.82 Å². The Morgan fingerprint density at radius 1 is 0.972 bits per heavy atom. The van der Waals surface area contributed by atoms with Crippen molar-refractivity contribution in [3.05, 3.63) is 26.0 Å². The molecule has 36 heavy (non-hydrogen) atoms. The maximum absolute atomic E-state index is 12.3. The molecule has 0 aromatic rings. The molecule has 0 aliphatic rings. The van der Waals surface area contributed by atoms with Crippen molar-refractivity contribution in [2.24, 2.45) is 0 Å². The molecule has 0 radical (unpaired) electrons. The van der Waals surface area contributed by atoms with Gasteiger partial charge in [-0.1, -0.05) is 38.5 Å². The van der Waals surface area contributed by atoms with Gasteiger partial charge in [0.25, 0.3) is 0 Å². The number of carbonyl (C=O) groups excluding carboxylic acids is 2. The molecule has 0 amide bonds. The van der Waals surface area contributed by atoms with Crippen molar-refractivity contribution in [1.82, 2.24) is 0 Å². The molecular weight excluding hydrogens is 485 g/mol. The summed E-state index contributed by atoms with van der Waals surface area (Å²) in [6, 6.07) is 0. The number of quaternary nitrogens is 1. The Hall–Kier alpha value is -1.38. The average Bonchev–Trinajstić information content (AvgIpc) is 2.79. The van der Waals surface area contributed by atoms with E-state index in [1.165, 1.54) is 0 Å². The molecule has 0 spiro atoms. The second kappa shape index (κ2) is 20.7. The van der Waals surface area contributed by atoms with Gasteiger partial charge in [-0.15, -0.1) is 6.42 Å². The van der Waals surface area contributed by atoms with Gasteiger partial charge in [0, 0.05) is 12.8 Å². The molecule has 0 aliphatic carbocycles. The molecule has 0 saturated carbocycles. The number of likely N-dealkylation sites (N-methyl/N-ethyl adjacent to an activating group) is 1. The molecule has 0 saturated heterocycles. The Balaban J connectivity index is 4.58. The number of allylic oxidation sites excluding steroid dienone is 1. The van der Waals surface area contributed by atoms with E-state index in [2.05, 4.69) is 13.5 Å². The van der Waals surface area contributed by atoms with Crippen molar-refractivity contribution < 1.29 is 42.1 Å². The topological polar surface area (TPSA) is 108 Å². The Bertz CT molecular complexity index is 650. The van der Waals surface area contributed by atoms with E-state index in [-0.39, 0.29) is 26.1 Å². The van der Waals surface area contributed by atoms with Crippen LogP contribution in [0, 0.1) is 13.3 Å². The molecule has 0 fully saturated rings. The molecule has 212 valence electrons. The fourth-order valence-corrected chi connectivity index (χ4v) is 3.81. The Labute approximate surface area is 218 Å². The van der Waals surface area contributed by atoms with E-state index in [0.717, 1.165) is 51.4 Å². The predicted octanol–water partition coefficient (Wildman–Crippen LogP) is 5.19. The summed E-state index contributed by atoms with van der Waals surface area (Å²) in [5, 5.41) is 0. The van der Waals surface area contributed by atoms with Gasteiger partial charge in [0.2, 0.25) is 0 Å². The summed E-state index contributed by atoms with van der Waals surface area (Å²) in [5.74, 6) is -0.881. The average molecular weight is 535 g/mol. The maximum Gasteiger partial charge on any atom is 0.472 e. The number of phosphoric acid groups is 1. The lowest BCUT2D eigenvalue weighted by atomic mass is 10.1. The summed E-state index contributed by atoms with van der Waals surface area (Å²) in [5.41, 5.74) is 0. The molecule has 0 bridgehead atoms. The highest BCUT2D eigenvalue weighted by Crippen LogP contribution is 2.43. The van der Waals surface area contributed by atoms with Gasteiger partial charge in [-0.2, -0.15) is 6.42 Å². The predicted molar refractivity (Wildman–Crippen MR) is 141 cm³/mol. The molecule has 1 N–H and O–H groups in total. The lowest BCUT2D eigenvalue weighted by Gasteiger charge is -2.24.